The van der Waals surface area contributed by atoms with E-state index < -0.39 is 11.6 Å². The Balaban J connectivity index is 1.96. The normalized spacial score (nSPS) is 18.2. The Labute approximate surface area is 121 Å². The average molecular weight is 290 g/mol. The highest BCUT2D eigenvalue weighted by molar-refractivity contribution is 5.61. The lowest BCUT2D eigenvalue weighted by molar-refractivity contribution is 0.585. The molecule has 1 aromatic heterocycles. The number of nitrogens with zero attached hydrogens (tertiary/aromatic N) is 3. The molecule has 1 aliphatic heterocycles. The number of benzene rings is 1. The van der Waals surface area contributed by atoms with Crippen molar-refractivity contribution in [3.05, 3.63) is 42.1 Å². The molecule has 0 bridgehead atoms. The van der Waals surface area contributed by atoms with E-state index in [9.17, 15) is 8.78 Å². The summed E-state index contributed by atoms with van der Waals surface area (Å²) in [6.45, 7) is 1.38. The lowest BCUT2D eigenvalue weighted by atomic mass is 10.1. The molecule has 2 heterocycles. The van der Waals surface area contributed by atoms with E-state index in [-0.39, 0.29) is 11.6 Å². The van der Waals surface area contributed by atoms with Crippen LogP contribution in [0, 0.1) is 11.6 Å². The van der Waals surface area contributed by atoms with Gasteiger partial charge in [-0.15, -0.1) is 0 Å². The summed E-state index contributed by atoms with van der Waals surface area (Å²) < 4.78 is 26.8. The van der Waals surface area contributed by atoms with Crippen LogP contribution in [0.2, 0.25) is 0 Å². The molecular weight excluding hydrogens is 274 g/mol. The summed E-state index contributed by atoms with van der Waals surface area (Å²) in [7, 11) is 0. The number of rotatable bonds is 3. The van der Waals surface area contributed by atoms with Crippen molar-refractivity contribution in [1.29, 1.82) is 0 Å². The van der Waals surface area contributed by atoms with Gasteiger partial charge in [-0.1, -0.05) is 0 Å². The number of aromatic nitrogens is 2. The van der Waals surface area contributed by atoms with Gasteiger partial charge in [0.2, 0.25) is 5.95 Å². The molecule has 1 aliphatic rings. The highest BCUT2D eigenvalue weighted by Gasteiger charge is 2.25. The van der Waals surface area contributed by atoms with Crippen LogP contribution >= 0.6 is 0 Å². The van der Waals surface area contributed by atoms with Gasteiger partial charge in [0.05, 0.1) is 5.69 Å². The number of halogens is 2. The van der Waals surface area contributed by atoms with Gasteiger partial charge in [-0.25, -0.2) is 18.7 Å². The fourth-order valence-corrected chi connectivity index (χ4v) is 2.68. The van der Waals surface area contributed by atoms with E-state index in [0.29, 0.717) is 18.2 Å². The van der Waals surface area contributed by atoms with Crippen LogP contribution in [0.1, 0.15) is 12.8 Å². The highest BCUT2D eigenvalue weighted by atomic mass is 19.1. The topological polar surface area (TPSA) is 55.0 Å². The molecule has 2 aromatic rings. The predicted molar refractivity (Wildman–Crippen MR) is 76.8 cm³/mol. The molecule has 0 spiro atoms. The van der Waals surface area contributed by atoms with Gasteiger partial charge in [0, 0.05) is 37.0 Å². The van der Waals surface area contributed by atoms with Crippen LogP contribution in [-0.2, 0) is 0 Å². The lowest BCUT2D eigenvalue weighted by Crippen LogP contribution is -2.36. The molecule has 0 saturated carbocycles. The number of anilines is 1. The first kappa shape index (κ1) is 13.9. The minimum Gasteiger partial charge on any atom is -0.337 e. The fraction of sp³-hybridized carbons (Fsp3) is 0.333. The van der Waals surface area contributed by atoms with Crippen molar-refractivity contribution in [2.24, 2.45) is 5.73 Å². The van der Waals surface area contributed by atoms with Crippen LogP contribution in [0.5, 0.6) is 0 Å². The summed E-state index contributed by atoms with van der Waals surface area (Å²) in [6, 6.07) is 5.31. The Hall–Kier alpha value is -2.08. The maximum Gasteiger partial charge on any atom is 0.226 e. The number of hydrogen-bond acceptors (Lipinski definition) is 4. The third-order valence-corrected chi connectivity index (χ3v) is 3.76. The van der Waals surface area contributed by atoms with Gasteiger partial charge in [0.15, 0.2) is 0 Å². The molecule has 0 aliphatic carbocycles. The van der Waals surface area contributed by atoms with Gasteiger partial charge in [-0.3, -0.25) is 0 Å². The van der Waals surface area contributed by atoms with E-state index in [1.807, 2.05) is 4.90 Å². The lowest BCUT2D eigenvalue weighted by Gasteiger charge is -2.23. The Morgan fingerprint density at radius 3 is 2.90 bits per heavy atom. The fourth-order valence-electron chi connectivity index (χ4n) is 2.68. The summed E-state index contributed by atoms with van der Waals surface area (Å²) in [5.74, 6) is -0.686. The summed E-state index contributed by atoms with van der Waals surface area (Å²) in [4.78, 5) is 10.7. The van der Waals surface area contributed by atoms with Crippen molar-refractivity contribution in [3.63, 3.8) is 0 Å². The van der Waals surface area contributed by atoms with Gasteiger partial charge in [0.25, 0.3) is 0 Å². The van der Waals surface area contributed by atoms with Crippen LogP contribution in [0.4, 0.5) is 14.7 Å². The summed E-state index contributed by atoms with van der Waals surface area (Å²) in [5, 5.41) is 0. The Morgan fingerprint density at radius 1 is 1.29 bits per heavy atom. The highest BCUT2D eigenvalue weighted by Crippen LogP contribution is 2.26. The minimum absolute atomic E-state index is 0.221. The molecular formula is C15H16F2N4. The molecule has 1 saturated heterocycles. The average Bonchev–Trinajstić information content (AvgIpc) is 2.96. The summed E-state index contributed by atoms with van der Waals surface area (Å²) in [6.07, 6.45) is 3.64. The minimum atomic E-state index is -0.628. The molecule has 3 rings (SSSR count). The van der Waals surface area contributed by atoms with Crippen molar-refractivity contribution < 1.29 is 8.78 Å². The second kappa shape index (κ2) is 5.73. The zero-order valence-corrected chi connectivity index (χ0v) is 11.5. The van der Waals surface area contributed by atoms with Gasteiger partial charge in [0.1, 0.15) is 11.6 Å². The maximum absolute atomic E-state index is 13.9. The maximum atomic E-state index is 13.9. The molecule has 0 amide bonds. The molecule has 1 fully saturated rings. The third kappa shape index (κ3) is 2.71. The first-order chi connectivity index (χ1) is 10.2. The van der Waals surface area contributed by atoms with Crippen LogP contribution in [0.25, 0.3) is 11.3 Å². The second-order valence-electron chi connectivity index (χ2n) is 5.09. The monoisotopic (exact) mass is 290 g/mol. The van der Waals surface area contributed by atoms with Gasteiger partial charge >= 0.3 is 0 Å². The van der Waals surface area contributed by atoms with E-state index in [0.717, 1.165) is 25.5 Å². The van der Waals surface area contributed by atoms with Crippen LogP contribution < -0.4 is 10.6 Å². The molecule has 1 unspecified atom stereocenters. The third-order valence-electron chi connectivity index (χ3n) is 3.76. The van der Waals surface area contributed by atoms with Crippen LogP contribution in [0.3, 0.4) is 0 Å². The summed E-state index contributed by atoms with van der Waals surface area (Å²) in [5.41, 5.74) is 6.46. The van der Waals surface area contributed by atoms with Crippen LogP contribution in [-0.4, -0.2) is 29.1 Å². The zero-order chi connectivity index (χ0) is 14.8. The molecule has 4 nitrogen and oxygen atoms in total. The van der Waals surface area contributed by atoms with E-state index in [4.69, 9.17) is 5.73 Å². The SMILES string of the molecule is NCC1CCCN1c1nccc(-c2ccc(F)cc2F)n1. The van der Waals surface area contributed by atoms with Crippen molar-refractivity contribution in [2.45, 2.75) is 18.9 Å². The van der Waals surface area contributed by atoms with Crippen LogP contribution in [0.15, 0.2) is 30.5 Å². The first-order valence-electron chi connectivity index (χ1n) is 6.94. The molecule has 110 valence electrons. The molecule has 21 heavy (non-hydrogen) atoms. The second-order valence-corrected chi connectivity index (χ2v) is 5.09. The van der Waals surface area contributed by atoms with Gasteiger partial charge in [-0.2, -0.15) is 0 Å². The van der Waals surface area contributed by atoms with Crippen molar-refractivity contribution >= 4 is 5.95 Å². The van der Waals surface area contributed by atoms with E-state index in [2.05, 4.69) is 9.97 Å². The quantitative estimate of drug-likeness (QED) is 0.942. The van der Waals surface area contributed by atoms with Crippen molar-refractivity contribution in [3.8, 4) is 11.3 Å². The number of nitrogens with two attached hydrogens (primary N) is 1. The molecule has 2 N–H and O–H groups in total. The smallest absolute Gasteiger partial charge is 0.226 e. The largest absolute Gasteiger partial charge is 0.337 e. The zero-order valence-electron chi connectivity index (χ0n) is 11.5. The van der Waals surface area contributed by atoms with Crippen molar-refractivity contribution in [1.82, 2.24) is 9.97 Å². The Bertz CT molecular complexity index is 647. The standard InChI is InChI=1S/C15H16F2N4/c16-10-3-4-12(13(17)8-10)14-5-6-19-15(20-14)21-7-1-2-11(21)9-18/h3-6,8,11H,1-2,7,9,18H2. The number of hydrogen-bond donors (Lipinski definition) is 1. The van der Waals surface area contributed by atoms with E-state index in [1.54, 1.807) is 12.3 Å². The molecule has 6 heteroatoms. The molecule has 1 atom stereocenters. The van der Waals surface area contributed by atoms with Gasteiger partial charge < -0.3 is 10.6 Å². The molecule has 1 aromatic carbocycles. The van der Waals surface area contributed by atoms with E-state index >= 15 is 0 Å². The Kier molecular flexibility index (Phi) is 3.79. The predicted octanol–water partition coefficient (Wildman–Crippen LogP) is 2.35. The van der Waals surface area contributed by atoms with E-state index in [1.165, 1.54) is 12.1 Å². The molecule has 0 radical (unpaired) electrons. The van der Waals surface area contributed by atoms with Crippen molar-refractivity contribution in [2.75, 3.05) is 18.0 Å². The summed E-state index contributed by atoms with van der Waals surface area (Å²) >= 11 is 0. The Morgan fingerprint density at radius 2 is 2.14 bits per heavy atom. The first-order valence-corrected chi connectivity index (χ1v) is 6.94. The van der Waals surface area contributed by atoms with Gasteiger partial charge in [-0.05, 0) is 31.0 Å².